The molecule has 0 heterocycles. The normalized spacial score (nSPS) is 11.2. The Labute approximate surface area is 131 Å². The van der Waals surface area contributed by atoms with Crippen molar-refractivity contribution < 1.29 is 9.53 Å². The molecule has 2 aromatic carbocycles. The van der Waals surface area contributed by atoms with E-state index < -0.39 is 0 Å². The molecule has 2 rings (SSSR count). The summed E-state index contributed by atoms with van der Waals surface area (Å²) in [5.74, 6) is -0.216. The second kappa shape index (κ2) is 8.08. The maximum absolute atomic E-state index is 11.9. The average Bonchev–Trinajstić information content (AvgIpc) is 2.52. The molecule has 0 unspecified atom stereocenters. The maximum atomic E-state index is 11.9. The van der Waals surface area contributed by atoms with E-state index in [9.17, 15) is 4.79 Å². The van der Waals surface area contributed by atoms with Gasteiger partial charge in [0.15, 0.2) is 0 Å². The fraction of sp³-hybridized carbons (Fsp3) is 0.0625. The Morgan fingerprint density at radius 3 is 2.05 bits per heavy atom. The van der Waals surface area contributed by atoms with Crippen molar-refractivity contribution >= 4 is 44.8 Å². The molecule has 0 radical (unpaired) electrons. The number of carbonyl (C=O) groups excluding carboxylic acids is 1. The van der Waals surface area contributed by atoms with Crippen molar-refractivity contribution in [3.63, 3.8) is 0 Å². The molecule has 0 amide bonds. The Morgan fingerprint density at radius 2 is 1.50 bits per heavy atom. The van der Waals surface area contributed by atoms with Gasteiger partial charge in [0.05, 0.1) is 0 Å². The van der Waals surface area contributed by atoms with E-state index in [4.69, 9.17) is 4.74 Å². The number of hydrogen-bond donors (Lipinski definition) is 0. The van der Waals surface area contributed by atoms with E-state index in [1.807, 2.05) is 53.5 Å². The fourth-order valence-electron chi connectivity index (χ4n) is 1.45. The van der Waals surface area contributed by atoms with E-state index in [0.717, 1.165) is 4.47 Å². The van der Waals surface area contributed by atoms with Crippen LogP contribution < -0.4 is 8.92 Å². The standard InChI is InChI=1S/C16H14O2Se2/c1-18-16(17)15(20-14-10-6-3-7-11-14)12-19-13-8-4-2-5-9-13/h2-12H,1H3/b15-12-. The molecule has 0 aliphatic rings. The summed E-state index contributed by atoms with van der Waals surface area (Å²) < 4.78 is 8.11. The number of methoxy groups -OCH3 is 1. The van der Waals surface area contributed by atoms with Crippen molar-refractivity contribution in [2.45, 2.75) is 0 Å². The predicted octanol–water partition coefficient (Wildman–Crippen LogP) is 1.06. The number of rotatable bonds is 5. The Hall–Kier alpha value is -1.31. The summed E-state index contributed by atoms with van der Waals surface area (Å²) in [4.78, 5) is 13.9. The van der Waals surface area contributed by atoms with Crippen LogP contribution in [0.2, 0.25) is 0 Å². The molecule has 0 saturated heterocycles. The SMILES string of the molecule is COC(=O)/C(=C/[Se]c1ccccc1)[Se]c1ccccc1. The van der Waals surface area contributed by atoms with Crippen LogP contribution in [-0.2, 0) is 9.53 Å². The fourth-order valence-corrected chi connectivity index (χ4v) is 5.47. The zero-order valence-electron chi connectivity index (χ0n) is 11.0. The van der Waals surface area contributed by atoms with Crippen molar-refractivity contribution in [3.05, 3.63) is 70.1 Å². The van der Waals surface area contributed by atoms with Crippen LogP contribution in [0.5, 0.6) is 0 Å². The van der Waals surface area contributed by atoms with Gasteiger partial charge in [-0.1, -0.05) is 0 Å². The molecule has 2 aromatic rings. The molecule has 102 valence electrons. The summed E-state index contributed by atoms with van der Waals surface area (Å²) in [6.45, 7) is 0. The second-order valence-electron chi connectivity index (χ2n) is 3.82. The third-order valence-corrected chi connectivity index (χ3v) is 7.17. The summed E-state index contributed by atoms with van der Waals surface area (Å²) in [5.41, 5.74) is 0. The van der Waals surface area contributed by atoms with Gasteiger partial charge >= 0.3 is 132 Å². The first-order chi connectivity index (χ1) is 9.79. The molecule has 0 aliphatic heterocycles. The van der Waals surface area contributed by atoms with Crippen molar-refractivity contribution in [1.29, 1.82) is 0 Å². The van der Waals surface area contributed by atoms with E-state index in [1.54, 1.807) is 0 Å². The Morgan fingerprint density at radius 1 is 0.950 bits per heavy atom. The van der Waals surface area contributed by atoms with Crippen LogP contribution in [-0.4, -0.2) is 43.0 Å². The molecule has 0 aliphatic carbocycles. The number of ether oxygens (including phenoxy) is 1. The van der Waals surface area contributed by atoms with Gasteiger partial charge in [-0.2, -0.15) is 0 Å². The number of benzene rings is 2. The van der Waals surface area contributed by atoms with Crippen LogP contribution in [0.3, 0.4) is 0 Å². The summed E-state index contributed by atoms with van der Waals surface area (Å²) >= 11 is 0.145. The number of carbonyl (C=O) groups is 1. The first-order valence-corrected chi connectivity index (χ1v) is 9.58. The number of hydrogen-bond acceptors (Lipinski definition) is 2. The Kier molecular flexibility index (Phi) is 6.10. The van der Waals surface area contributed by atoms with Crippen molar-refractivity contribution in [2.75, 3.05) is 7.11 Å². The zero-order valence-corrected chi connectivity index (χ0v) is 14.4. The molecule has 0 spiro atoms. The van der Waals surface area contributed by atoms with E-state index >= 15 is 0 Å². The summed E-state index contributed by atoms with van der Waals surface area (Å²) in [7, 11) is 1.44. The minimum absolute atomic E-state index is 0.00904. The molecular formula is C16H14O2Se2. The predicted molar refractivity (Wildman–Crippen MR) is 83.8 cm³/mol. The average molecular weight is 396 g/mol. The van der Waals surface area contributed by atoms with E-state index in [2.05, 4.69) is 12.1 Å². The quantitative estimate of drug-likeness (QED) is 0.430. The van der Waals surface area contributed by atoms with Gasteiger partial charge in [0.2, 0.25) is 0 Å². The molecule has 0 fully saturated rings. The molecule has 0 saturated carbocycles. The van der Waals surface area contributed by atoms with Crippen LogP contribution in [0.15, 0.2) is 70.1 Å². The van der Waals surface area contributed by atoms with Crippen LogP contribution in [0.1, 0.15) is 0 Å². The topological polar surface area (TPSA) is 26.3 Å². The van der Waals surface area contributed by atoms with E-state index in [1.165, 1.54) is 16.0 Å². The van der Waals surface area contributed by atoms with Gasteiger partial charge in [-0.3, -0.25) is 0 Å². The van der Waals surface area contributed by atoms with Gasteiger partial charge in [-0.05, 0) is 0 Å². The van der Waals surface area contributed by atoms with Gasteiger partial charge in [0.25, 0.3) is 0 Å². The second-order valence-corrected chi connectivity index (χ2v) is 8.14. The van der Waals surface area contributed by atoms with Gasteiger partial charge < -0.3 is 0 Å². The summed E-state index contributed by atoms with van der Waals surface area (Å²) in [6.07, 6.45) is 0. The molecule has 0 atom stereocenters. The van der Waals surface area contributed by atoms with Crippen LogP contribution in [0.25, 0.3) is 0 Å². The molecule has 0 bridgehead atoms. The molecule has 20 heavy (non-hydrogen) atoms. The molecule has 2 nitrogen and oxygen atoms in total. The van der Waals surface area contributed by atoms with Gasteiger partial charge in [-0.25, -0.2) is 0 Å². The summed E-state index contributed by atoms with van der Waals surface area (Å²) in [6, 6.07) is 20.3. The van der Waals surface area contributed by atoms with Gasteiger partial charge in [-0.15, -0.1) is 0 Å². The monoisotopic (exact) mass is 398 g/mol. The van der Waals surface area contributed by atoms with Crippen molar-refractivity contribution in [2.24, 2.45) is 0 Å². The zero-order chi connectivity index (χ0) is 14.2. The first-order valence-electron chi connectivity index (χ1n) is 6.02. The van der Waals surface area contributed by atoms with Crippen molar-refractivity contribution in [3.8, 4) is 0 Å². The Balaban J connectivity index is 2.13. The summed E-state index contributed by atoms with van der Waals surface area (Å²) in [5, 5.41) is 0. The third kappa shape index (κ3) is 4.66. The molecule has 0 aromatic heterocycles. The van der Waals surface area contributed by atoms with Gasteiger partial charge in [0.1, 0.15) is 0 Å². The van der Waals surface area contributed by atoms with Crippen LogP contribution in [0.4, 0.5) is 0 Å². The number of esters is 1. The van der Waals surface area contributed by atoms with Crippen LogP contribution in [0, 0.1) is 0 Å². The Bertz CT molecular complexity index is 580. The van der Waals surface area contributed by atoms with E-state index in [-0.39, 0.29) is 35.9 Å². The van der Waals surface area contributed by atoms with Crippen LogP contribution >= 0.6 is 0 Å². The van der Waals surface area contributed by atoms with E-state index in [0.29, 0.717) is 0 Å². The minimum atomic E-state index is -0.216. The molecule has 0 N–H and O–H groups in total. The first kappa shape index (κ1) is 15.1. The molecule has 4 heteroatoms. The molecular weight excluding hydrogens is 382 g/mol. The third-order valence-electron chi connectivity index (χ3n) is 2.40. The van der Waals surface area contributed by atoms with Gasteiger partial charge in [0, 0.05) is 0 Å². The van der Waals surface area contributed by atoms with Crippen molar-refractivity contribution in [1.82, 2.24) is 0 Å².